The highest BCUT2D eigenvalue weighted by molar-refractivity contribution is 6.02. The van der Waals surface area contributed by atoms with E-state index >= 15 is 0 Å². The zero-order valence-electron chi connectivity index (χ0n) is 21.3. The molecule has 1 aliphatic heterocycles. The van der Waals surface area contributed by atoms with Crippen molar-refractivity contribution in [2.24, 2.45) is 11.8 Å². The predicted octanol–water partition coefficient (Wildman–Crippen LogP) is 4.73. The van der Waals surface area contributed by atoms with Crippen LogP contribution in [0.1, 0.15) is 44.7 Å². The molecular weight excluding hydrogens is 448 g/mol. The second-order valence-electron chi connectivity index (χ2n) is 9.78. The quantitative estimate of drug-likeness (QED) is 0.436. The largest absolute Gasteiger partial charge is 0.348 e. The van der Waals surface area contributed by atoms with Gasteiger partial charge in [-0.2, -0.15) is 0 Å². The van der Waals surface area contributed by atoms with E-state index in [1.807, 2.05) is 77.7 Å². The van der Waals surface area contributed by atoms with E-state index < -0.39 is 11.8 Å². The molecule has 1 fully saturated rings. The lowest BCUT2D eigenvalue weighted by Crippen LogP contribution is -2.52. The maximum Gasteiger partial charge on any atom is 0.236 e. The molecule has 0 bridgehead atoms. The molecule has 36 heavy (non-hydrogen) atoms. The topological polar surface area (TPSA) is 57.7 Å². The van der Waals surface area contributed by atoms with Crippen molar-refractivity contribution in [3.05, 3.63) is 107 Å². The minimum atomic E-state index is -0.458. The number of likely N-dealkylation sites (N-methyl/N-ethyl adjacent to an activating group) is 1. The van der Waals surface area contributed by atoms with Crippen LogP contribution in [0.5, 0.6) is 0 Å². The fourth-order valence-electron chi connectivity index (χ4n) is 5.21. The number of amides is 1. The van der Waals surface area contributed by atoms with E-state index in [1.165, 1.54) is 5.56 Å². The molecule has 0 spiro atoms. The number of carbonyl (C=O) groups excluding carboxylic acids is 3. The van der Waals surface area contributed by atoms with Crippen LogP contribution in [-0.4, -0.2) is 61.0 Å². The van der Waals surface area contributed by atoms with Gasteiger partial charge in [0, 0.05) is 56.1 Å². The molecule has 3 aromatic carbocycles. The third-order valence-electron chi connectivity index (χ3n) is 7.17. The van der Waals surface area contributed by atoms with Crippen molar-refractivity contribution < 1.29 is 14.4 Å². The molecule has 1 aliphatic rings. The molecule has 0 saturated carbocycles. The SMILES string of the molecule is CCc1cccc(C2[C@@H](C(=O)c3ccccc3)CN(CC(=O)N(C)C)C[C@@H]2C(=O)c2ccccc2)c1. The van der Waals surface area contributed by atoms with Gasteiger partial charge in [-0.05, 0) is 17.5 Å². The van der Waals surface area contributed by atoms with Gasteiger partial charge in [0.05, 0.1) is 6.54 Å². The lowest BCUT2D eigenvalue weighted by Gasteiger charge is -2.43. The van der Waals surface area contributed by atoms with E-state index in [-0.39, 0.29) is 29.9 Å². The van der Waals surface area contributed by atoms with Gasteiger partial charge < -0.3 is 4.90 Å². The van der Waals surface area contributed by atoms with Gasteiger partial charge in [-0.1, -0.05) is 91.9 Å². The summed E-state index contributed by atoms with van der Waals surface area (Å²) in [6.45, 7) is 3.12. The molecule has 0 aromatic heterocycles. The standard InChI is InChI=1S/C31H34N2O3/c1-4-22-12-11-17-25(18-22)29-26(30(35)23-13-7-5-8-14-23)19-33(21-28(34)32(2)3)20-27(29)31(36)24-15-9-6-10-16-24/h5-18,26-27,29H,4,19-21H2,1-3H3/t26-,27-/m0/s1. The Labute approximate surface area is 213 Å². The first-order chi connectivity index (χ1) is 17.4. The van der Waals surface area contributed by atoms with E-state index in [0.29, 0.717) is 24.2 Å². The Hall–Kier alpha value is -3.57. The van der Waals surface area contributed by atoms with Crippen LogP contribution in [0.25, 0.3) is 0 Å². The highest BCUT2D eigenvalue weighted by atomic mass is 16.2. The third-order valence-corrected chi connectivity index (χ3v) is 7.17. The Morgan fingerprint density at radius 2 is 1.31 bits per heavy atom. The molecule has 0 aliphatic carbocycles. The number of aryl methyl sites for hydroxylation is 1. The van der Waals surface area contributed by atoms with Crippen LogP contribution in [0.15, 0.2) is 84.9 Å². The second-order valence-corrected chi connectivity index (χ2v) is 9.78. The van der Waals surface area contributed by atoms with E-state index in [4.69, 9.17) is 0 Å². The molecule has 0 radical (unpaired) electrons. The maximum atomic E-state index is 14.0. The van der Waals surface area contributed by atoms with Crippen molar-refractivity contribution in [1.82, 2.24) is 9.80 Å². The number of piperidine rings is 1. The Morgan fingerprint density at radius 3 is 1.78 bits per heavy atom. The summed E-state index contributed by atoms with van der Waals surface area (Å²) in [5.74, 6) is -1.23. The van der Waals surface area contributed by atoms with Gasteiger partial charge in [0.2, 0.25) is 5.91 Å². The molecule has 0 N–H and O–H groups in total. The lowest BCUT2D eigenvalue weighted by molar-refractivity contribution is -0.130. The Bertz CT molecular complexity index is 1150. The summed E-state index contributed by atoms with van der Waals surface area (Å²) in [5, 5.41) is 0. The Balaban J connectivity index is 1.82. The summed E-state index contributed by atoms with van der Waals surface area (Å²) in [6, 6.07) is 26.9. The number of likely N-dealkylation sites (tertiary alicyclic amines) is 1. The van der Waals surface area contributed by atoms with Crippen molar-refractivity contribution in [1.29, 1.82) is 0 Å². The summed E-state index contributed by atoms with van der Waals surface area (Å²) >= 11 is 0. The predicted molar refractivity (Wildman–Crippen MR) is 142 cm³/mol. The number of hydrogen-bond acceptors (Lipinski definition) is 4. The summed E-state index contributed by atoms with van der Waals surface area (Å²) < 4.78 is 0. The molecule has 3 aromatic rings. The molecule has 1 heterocycles. The molecule has 186 valence electrons. The van der Waals surface area contributed by atoms with E-state index in [1.54, 1.807) is 19.0 Å². The van der Waals surface area contributed by atoms with Crippen LogP contribution in [0.3, 0.4) is 0 Å². The zero-order valence-corrected chi connectivity index (χ0v) is 21.3. The van der Waals surface area contributed by atoms with Crippen LogP contribution >= 0.6 is 0 Å². The van der Waals surface area contributed by atoms with Crippen molar-refractivity contribution in [3.8, 4) is 0 Å². The fraction of sp³-hybridized carbons (Fsp3) is 0.323. The molecule has 0 unspecified atom stereocenters. The van der Waals surface area contributed by atoms with Gasteiger partial charge in [0.1, 0.15) is 0 Å². The van der Waals surface area contributed by atoms with E-state index in [2.05, 4.69) is 19.1 Å². The number of carbonyl (C=O) groups is 3. The van der Waals surface area contributed by atoms with Crippen molar-refractivity contribution in [2.45, 2.75) is 19.3 Å². The number of ketones is 2. The highest BCUT2D eigenvalue weighted by Crippen LogP contribution is 2.41. The summed E-state index contributed by atoms with van der Waals surface area (Å²) in [7, 11) is 3.45. The highest BCUT2D eigenvalue weighted by Gasteiger charge is 2.45. The fourth-order valence-corrected chi connectivity index (χ4v) is 5.21. The van der Waals surface area contributed by atoms with Gasteiger partial charge in [-0.3, -0.25) is 19.3 Å². The molecule has 4 rings (SSSR count). The first-order valence-electron chi connectivity index (χ1n) is 12.6. The summed E-state index contributed by atoms with van der Waals surface area (Å²) in [4.78, 5) is 44.1. The van der Waals surface area contributed by atoms with Gasteiger partial charge in [-0.25, -0.2) is 0 Å². The van der Waals surface area contributed by atoms with Gasteiger partial charge in [0.25, 0.3) is 0 Å². The summed E-state index contributed by atoms with van der Waals surface area (Å²) in [6.07, 6.45) is 0.874. The third kappa shape index (κ3) is 5.63. The van der Waals surface area contributed by atoms with Gasteiger partial charge in [-0.15, -0.1) is 0 Å². The average Bonchev–Trinajstić information content (AvgIpc) is 2.92. The molecule has 5 nitrogen and oxygen atoms in total. The molecule has 1 saturated heterocycles. The summed E-state index contributed by atoms with van der Waals surface area (Å²) in [5.41, 5.74) is 3.45. The van der Waals surface area contributed by atoms with Crippen molar-refractivity contribution in [2.75, 3.05) is 33.7 Å². The number of benzene rings is 3. The molecule has 5 heteroatoms. The van der Waals surface area contributed by atoms with Crippen molar-refractivity contribution >= 4 is 17.5 Å². The van der Waals surface area contributed by atoms with E-state index in [0.717, 1.165) is 12.0 Å². The molecule has 1 amide bonds. The second kappa shape index (κ2) is 11.4. The number of hydrogen-bond donors (Lipinski definition) is 0. The molecular formula is C31H34N2O3. The minimum absolute atomic E-state index is 0.00960. The van der Waals surface area contributed by atoms with E-state index in [9.17, 15) is 14.4 Å². The normalized spacial score (nSPS) is 18.5. The average molecular weight is 483 g/mol. The van der Waals surface area contributed by atoms with Crippen LogP contribution in [0.4, 0.5) is 0 Å². The number of rotatable bonds is 8. The lowest BCUT2D eigenvalue weighted by atomic mass is 9.68. The van der Waals surface area contributed by atoms with Crippen LogP contribution in [0, 0.1) is 11.8 Å². The number of Topliss-reactive ketones (excluding diaryl/α,β-unsaturated/α-hetero) is 2. The monoisotopic (exact) mass is 482 g/mol. The zero-order chi connectivity index (χ0) is 25.7. The van der Waals surface area contributed by atoms with Gasteiger partial charge in [0.15, 0.2) is 11.6 Å². The first-order valence-corrected chi connectivity index (χ1v) is 12.6. The smallest absolute Gasteiger partial charge is 0.236 e. The Morgan fingerprint density at radius 1 is 0.778 bits per heavy atom. The van der Waals surface area contributed by atoms with Crippen LogP contribution < -0.4 is 0 Å². The van der Waals surface area contributed by atoms with Crippen LogP contribution in [0.2, 0.25) is 0 Å². The first kappa shape index (κ1) is 25.5. The minimum Gasteiger partial charge on any atom is -0.348 e. The molecule has 2 atom stereocenters. The number of nitrogens with zero attached hydrogens (tertiary/aromatic N) is 2. The van der Waals surface area contributed by atoms with Gasteiger partial charge >= 0.3 is 0 Å². The maximum absolute atomic E-state index is 14.0. The Kier molecular flexibility index (Phi) is 8.11. The van der Waals surface area contributed by atoms with Crippen LogP contribution in [-0.2, 0) is 11.2 Å². The van der Waals surface area contributed by atoms with Crippen molar-refractivity contribution in [3.63, 3.8) is 0 Å².